The van der Waals surface area contributed by atoms with Gasteiger partial charge in [0, 0.05) is 6.54 Å². The zero-order valence-corrected chi connectivity index (χ0v) is 12.4. The summed E-state index contributed by atoms with van der Waals surface area (Å²) in [7, 11) is 0. The Kier molecular flexibility index (Phi) is 4.98. The van der Waals surface area contributed by atoms with Gasteiger partial charge in [0.05, 0.1) is 6.61 Å². The van der Waals surface area contributed by atoms with Gasteiger partial charge in [-0.1, -0.05) is 84.9 Å². The van der Waals surface area contributed by atoms with Crippen molar-refractivity contribution in [2.75, 3.05) is 0 Å². The van der Waals surface area contributed by atoms with E-state index in [4.69, 9.17) is 4.84 Å². The van der Waals surface area contributed by atoms with Gasteiger partial charge >= 0.3 is 0 Å². The summed E-state index contributed by atoms with van der Waals surface area (Å²) < 4.78 is 0. The molecule has 2 heteroatoms. The van der Waals surface area contributed by atoms with Crippen LogP contribution in [0.5, 0.6) is 0 Å². The number of rotatable bonds is 6. The molecular weight excluding hydrogens is 270 g/mol. The average Bonchev–Trinajstić information content (AvgIpc) is 2.61. The molecule has 0 saturated carbocycles. The van der Waals surface area contributed by atoms with Gasteiger partial charge in [-0.15, -0.1) is 0 Å². The van der Waals surface area contributed by atoms with Crippen LogP contribution < -0.4 is 5.48 Å². The van der Waals surface area contributed by atoms with Crippen molar-refractivity contribution in [1.82, 2.24) is 5.48 Å². The van der Waals surface area contributed by atoms with Crippen molar-refractivity contribution >= 4 is 0 Å². The average molecular weight is 289 g/mol. The lowest BCUT2D eigenvalue weighted by Crippen LogP contribution is -2.13. The molecule has 22 heavy (non-hydrogen) atoms. The van der Waals surface area contributed by atoms with Crippen LogP contribution >= 0.6 is 0 Å². The van der Waals surface area contributed by atoms with E-state index in [-0.39, 0.29) is 0 Å². The Bertz CT molecular complexity index is 678. The highest BCUT2D eigenvalue weighted by Crippen LogP contribution is 2.19. The van der Waals surface area contributed by atoms with Crippen molar-refractivity contribution in [2.45, 2.75) is 13.2 Å². The number of hydrogen-bond donors (Lipinski definition) is 1. The van der Waals surface area contributed by atoms with Gasteiger partial charge in [0.15, 0.2) is 0 Å². The molecule has 0 radical (unpaired) electrons. The first-order chi connectivity index (χ1) is 10.9. The number of nitrogens with one attached hydrogen (secondary N) is 1. The van der Waals surface area contributed by atoms with Crippen molar-refractivity contribution in [2.24, 2.45) is 0 Å². The van der Waals surface area contributed by atoms with E-state index in [0.717, 1.165) is 5.56 Å². The molecule has 0 unspecified atom stereocenters. The van der Waals surface area contributed by atoms with E-state index in [1.54, 1.807) is 0 Å². The maximum absolute atomic E-state index is 5.49. The van der Waals surface area contributed by atoms with E-state index in [9.17, 15) is 0 Å². The van der Waals surface area contributed by atoms with E-state index in [2.05, 4.69) is 66.1 Å². The molecule has 0 aromatic heterocycles. The van der Waals surface area contributed by atoms with Crippen LogP contribution in [0.4, 0.5) is 0 Å². The van der Waals surface area contributed by atoms with Gasteiger partial charge in [0.25, 0.3) is 0 Å². The first-order valence-corrected chi connectivity index (χ1v) is 7.45. The lowest BCUT2D eigenvalue weighted by atomic mass is 10.0. The third-order valence-corrected chi connectivity index (χ3v) is 3.52. The largest absolute Gasteiger partial charge is 0.297 e. The molecule has 1 N–H and O–H groups in total. The van der Waals surface area contributed by atoms with E-state index >= 15 is 0 Å². The molecule has 0 bridgehead atoms. The van der Waals surface area contributed by atoms with Gasteiger partial charge in [-0.25, -0.2) is 0 Å². The minimum atomic E-state index is 0.572. The van der Waals surface area contributed by atoms with Crippen LogP contribution in [0.15, 0.2) is 84.9 Å². The maximum Gasteiger partial charge on any atom is 0.0933 e. The quantitative estimate of drug-likeness (QED) is 0.530. The minimum absolute atomic E-state index is 0.572. The zero-order valence-electron chi connectivity index (χ0n) is 12.4. The van der Waals surface area contributed by atoms with E-state index in [0.29, 0.717) is 13.2 Å². The molecule has 0 aliphatic carbocycles. The summed E-state index contributed by atoms with van der Waals surface area (Å²) in [6.45, 7) is 1.27. The standard InChI is InChI=1S/C20H19NO/c1-3-7-18(8-4-1)16-22-21-15-17-11-13-20(14-12-17)19-9-5-2-6-10-19/h1-14,21H,15-16H2. The summed E-state index contributed by atoms with van der Waals surface area (Å²) in [5.41, 5.74) is 7.84. The molecule has 0 aliphatic rings. The fourth-order valence-electron chi connectivity index (χ4n) is 2.29. The molecular formula is C20H19NO. The molecule has 0 atom stereocenters. The Morgan fingerprint density at radius 3 is 1.86 bits per heavy atom. The number of hydrogen-bond acceptors (Lipinski definition) is 2. The van der Waals surface area contributed by atoms with Crippen molar-refractivity contribution in [3.63, 3.8) is 0 Å². The van der Waals surface area contributed by atoms with Gasteiger partial charge in [-0.2, -0.15) is 5.48 Å². The van der Waals surface area contributed by atoms with Crippen LogP contribution in [0, 0.1) is 0 Å². The summed E-state index contributed by atoms with van der Waals surface area (Å²) in [5, 5.41) is 0. The van der Waals surface area contributed by atoms with E-state index in [1.165, 1.54) is 16.7 Å². The van der Waals surface area contributed by atoms with E-state index in [1.807, 2.05) is 24.3 Å². The van der Waals surface area contributed by atoms with Gasteiger partial charge in [-0.05, 0) is 22.3 Å². The molecule has 2 nitrogen and oxygen atoms in total. The Morgan fingerprint density at radius 1 is 0.591 bits per heavy atom. The number of hydroxylamine groups is 1. The molecule has 0 aliphatic heterocycles. The van der Waals surface area contributed by atoms with Crippen LogP contribution in [0.3, 0.4) is 0 Å². The predicted molar refractivity (Wildman–Crippen MR) is 89.9 cm³/mol. The normalized spacial score (nSPS) is 10.5. The molecule has 0 heterocycles. The van der Waals surface area contributed by atoms with Crippen molar-refractivity contribution in [3.05, 3.63) is 96.1 Å². The van der Waals surface area contributed by atoms with Gasteiger partial charge in [0.2, 0.25) is 0 Å². The molecule has 3 aromatic carbocycles. The predicted octanol–water partition coefficient (Wildman–Crippen LogP) is 4.58. The summed E-state index contributed by atoms with van der Waals surface area (Å²) in [4.78, 5) is 5.49. The second-order valence-electron chi connectivity index (χ2n) is 5.16. The molecule has 0 fully saturated rings. The van der Waals surface area contributed by atoms with Crippen molar-refractivity contribution in [3.8, 4) is 11.1 Å². The minimum Gasteiger partial charge on any atom is -0.297 e. The maximum atomic E-state index is 5.49. The third-order valence-electron chi connectivity index (χ3n) is 3.52. The monoisotopic (exact) mass is 289 g/mol. The Balaban J connectivity index is 1.49. The highest BCUT2D eigenvalue weighted by molar-refractivity contribution is 5.63. The first-order valence-electron chi connectivity index (χ1n) is 7.45. The van der Waals surface area contributed by atoms with Crippen LogP contribution in [-0.2, 0) is 18.0 Å². The highest BCUT2D eigenvalue weighted by Gasteiger charge is 1.98. The topological polar surface area (TPSA) is 21.3 Å². The molecule has 3 aromatic rings. The number of benzene rings is 3. The van der Waals surface area contributed by atoms with Crippen LogP contribution in [0.1, 0.15) is 11.1 Å². The molecule has 0 amide bonds. The van der Waals surface area contributed by atoms with Crippen molar-refractivity contribution < 1.29 is 4.84 Å². The van der Waals surface area contributed by atoms with E-state index < -0.39 is 0 Å². The van der Waals surface area contributed by atoms with Crippen LogP contribution in [-0.4, -0.2) is 0 Å². The fraction of sp³-hybridized carbons (Fsp3) is 0.100. The van der Waals surface area contributed by atoms with Crippen molar-refractivity contribution in [1.29, 1.82) is 0 Å². The second kappa shape index (κ2) is 7.55. The zero-order chi connectivity index (χ0) is 15.0. The Labute approximate surface area is 131 Å². The third kappa shape index (κ3) is 4.04. The Morgan fingerprint density at radius 2 is 1.18 bits per heavy atom. The summed E-state index contributed by atoms with van der Waals surface area (Å²) in [6.07, 6.45) is 0. The highest BCUT2D eigenvalue weighted by atomic mass is 16.6. The van der Waals surface area contributed by atoms with Gasteiger partial charge < -0.3 is 0 Å². The summed E-state index contributed by atoms with van der Waals surface area (Å²) >= 11 is 0. The molecule has 0 saturated heterocycles. The van der Waals surface area contributed by atoms with Crippen LogP contribution in [0.25, 0.3) is 11.1 Å². The Hall–Kier alpha value is -2.42. The molecule has 0 spiro atoms. The fourth-order valence-corrected chi connectivity index (χ4v) is 2.29. The lowest BCUT2D eigenvalue weighted by molar-refractivity contribution is 0.0235. The summed E-state index contributed by atoms with van der Waals surface area (Å²) in [6, 6.07) is 29.1. The molecule has 3 rings (SSSR count). The van der Waals surface area contributed by atoms with Gasteiger partial charge in [-0.3, -0.25) is 4.84 Å². The summed E-state index contributed by atoms with van der Waals surface area (Å²) in [5.74, 6) is 0. The molecule has 110 valence electrons. The lowest BCUT2D eigenvalue weighted by Gasteiger charge is -2.07. The smallest absolute Gasteiger partial charge is 0.0933 e. The van der Waals surface area contributed by atoms with Crippen LogP contribution in [0.2, 0.25) is 0 Å². The van der Waals surface area contributed by atoms with Gasteiger partial charge in [0.1, 0.15) is 0 Å². The first kappa shape index (κ1) is 14.5. The SMILES string of the molecule is c1ccc(CONCc2ccc(-c3ccccc3)cc2)cc1. The second-order valence-corrected chi connectivity index (χ2v) is 5.16.